The van der Waals surface area contributed by atoms with Gasteiger partial charge in [0.05, 0.1) is 22.4 Å². The number of thiophene rings is 2. The normalized spacial score (nSPS) is 14.7. The SMILES string of the molecule is CCCCCCc1cc(-c2cc(SCCNC(=O)CCCC[n+]3c(/C=C4\C(=O)C(/C=C5\Sc6ccccc6N5CCCC)=C4[O-])sc4ccccc43)c(-c3cc(CCCCCC)c(CC)s3)c3nsnc23)sc1C. The van der Waals surface area contributed by atoms with Gasteiger partial charge in [-0.3, -0.25) is 9.59 Å². The highest BCUT2D eigenvalue weighted by molar-refractivity contribution is 8.03. The quantitative estimate of drug-likeness (QED) is 0.0235. The summed E-state index contributed by atoms with van der Waals surface area (Å²) < 4.78 is 13.3. The number of allylic oxidation sites excluding steroid dienone is 3. The molecule has 0 radical (unpaired) electrons. The van der Waals surface area contributed by atoms with Gasteiger partial charge in [-0.05, 0) is 105 Å². The second-order valence-electron chi connectivity index (χ2n) is 19.4. The maximum atomic E-state index is 13.7. The van der Waals surface area contributed by atoms with Crippen molar-refractivity contribution in [2.75, 3.05) is 23.7 Å². The molecule has 5 heterocycles. The number of rotatable bonds is 27. The number of hydrogen-bond donors (Lipinski definition) is 1. The van der Waals surface area contributed by atoms with Crippen LogP contribution < -0.4 is 19.9 Å². The number of thioether (sulfide) groups is 2. The number of Topliss-reactive ketones (excluding diaryl/α,β-unsaturated/α-hetero) is 1. The molecule has 388 valence electrons. The van der Waals surface area contributed by atoms with Gasteiger partial charge in [0.25, 0.3) is 5.01 Å². The van der Waals surface area contributed by atoms with Gasteiger partial charge in [0.1, 0.15) is 15.7 Å². The van der Waals surface area contributed by atoms with Gasteiger partial charge in [-0.2, -0.15) is 13.3 Å². The van der Waals surface area contributed by atoms with Crippen molar-refractivity contribution < 1.29 is 19.3 Å². The molecule has 14 heteroatoms. The Labute approximate surface area is 462 Å². The van der Waals surface area contributed by atoms with Gasteiger partial charge in [-0.15, -0.1) is 34.4 Å². The average Bonchev–Trinajstić information content (AvgIpc) is 4.27. The summed E-state index contributed by atoms with van der Waals surface area (Å²) in [5, 5.41) is 18.7. The first-order valence-electron chi connectivity index (χ1n) is 27.0. The van der Waals surface area contributed by atoms with Crippen LogP contribution in [0.1, 0.15) is 137 Å². The summed E-state index contributed by atoms with van der Waals surface area (Å²) in [5.41, 5.74) is 9.89. The van der Waals surface area contributed by atoms with Crippen LogP contribution in [-0.4, -0.2) is 39.3 Å². The highest BCUT2D eigenvalue weighted by Gasteiger charge is 2.32. The lowest BCUT2D eigenvalue weighted by Crippen LogP contribution is -2.36. The fraction of sp³-hybridized carbons (Fsp3) is 0.417. The van der Waals surface area contributed by atoms with Crippen molar-refractivity contribution in [2.45, 2.75) is 154 Å². The molecule has 3 aromatic carbocycles. The summed E-state index contributed by atoms with van der Waals surface area (Å²) in [6.07, 6.45) is 20.8. The van der Waals surface area contributed by atoms with Crippen LogP contribution in [0.15, 0.2) is 105 Å². The van der Waals surface area contributed by atoms with Gasteiger partial charge in [0.15, 0.2) is 12.3 Å². The van der Waals surface area contributed by atoms with Crippen LogP contribution in [0.5, 0.6) is 0 Å². The summed E-state index contributed by atoms with van der Waals surface area (Å²) >= 11 is 10.1. The molecule has 74 heavy (non-hydrogen) atoms. The van der Waals surface area contributed by atoms with Gasteiger partial charge in [0, 0.05) is 95.4 Å². The topological polar surface area (TPSA) is 102 Å². The number of fused-ring (bicyclic) bond motifs is 3. The number of carbonyl (C=O) groups excluding carboxylic acids is 2. The minimum atomic E-state index is -0.204. The number of unbranched alkanes of at least 4 members (excludes halogenated alkanes) is 8. The fourth-order valence-electron chi connectivity index (χ4n) is 9.98. The molecule has 0 bridgehead atoms. The third-order valence-electron chi connectivity index (χ3n) is 14.1. The summed E-state index contributed by atoms with van der Waals surface area (Å²) in [5.74, 6) is 0.372. The van der Waals surface area contributed by atoms with E-state index in [9.17, 15) is 14.7 Å². The second-order valence-corrected chi connectivity index (χ2v) is 25.6. The molecular formula is C60H69N5O3S6. The molecule has 0 spiro atoms. The van der Waals surface area contributed by atoms with Crippen LogP contribution >= 0.6 is 69.3 Å². The molecule has 2 aliphatic rings. The van der Waals surface area contributed by atoms with E-state index in [0.29, 0.717) is 25.9 Å². The number of para-hydroxylation sites is 2. The lowest BCUT2D eigenvalue weighted by molar-refractivity contribution is -0.669. The van der Waals surface area contributed by atoms with Gasteiger partial charge < -0.3 is 15.3 Å². The molecule has 9 rings (SSSR count). The molecule has 1 N–H and O–H groups in total. The molecule has 4 aromatic heterocycles. The number of ketones is 1. The first-order chi connectivity index (χ1) is 36.2. The maximum Gasteiger partial charge on any atom is 0.263 e. The maximum absolute atomic E-state index is 13.7. The Bertz CT molecular complexity index is 3210. The van der Waals surface area contributed by atoms with E-state index < -0.39 is 0 Å². The van der Waals surface area contributed by atoms with E-state index in [0.717, 1.165) is 98.3 Å². The smallest absolute Gasteiger partial charge is 0.263 e. The molecule has 8 nitrogen and oxygen atoms in total. The molecule has 7 aromatic rings. The Morgan fingerprint density at radius 2 is 1.54 bits per heavy atom. The monoisotopic (exact) mass is 1100 g/mol. The molecule has 1 aliphatic heterocycles. The number of nitrogens with zero attached hydrogens (tertiary/aromatic N) is 4. The van der Waals surface area contributed by atoms with Crippen LogP contribution in [0.3, 0.4) is 0 Å². The van der Waals surface area contributed by atoms with Crippen LogP contribution in [0, 0.1) is 6.92 Å². The summed E-state index contributed by atoms with van der Waals surface area (Å²) in [6.45, 7) is 13.3. The third-order valence-corrected chi connectivity index (χ3v) is 20.4. The Morgan fingerprint density at radius 1 is 0.797 bits per heavy atom. The molecule has 1 aliphatic carbocycles. The van der Waals surface area contributed by atoms with Gasteiger partial charge in [-0.1, -0.05) is 126 Å². The lowest BCUT2D eigenvalue weighted by atomic mass is 9.88. The van der Waals surface area contributed by atoms with E-state index in [1.54, 1.807) is 35.3 Å². The minimum absolute atomic E-state index is 0.0481. The Balaban J connectivity index is 0.860. The average molecular weight is 1100 g/mol. The van der Waals surface area contributed by atoms with E-state index in [-0.39, 0.29) is 28.6 Å². The van der Waals surface area contributed by atoms with Crippen molar-refractivity contribution >= 4 is 114 Å². The zero-order valence-corrected chi connectivity index (χ0v) is 48.5. The van der Waals surface area contributed by atoms with Gasteiger partial charge in [0.2, 0.25) is 11.4 Å². The van der Waals surface area contributed by atoms with Crippen molar-refractivity contribution in [3.63, 3.8) is 0 Å². The summed E-state index contributed by atoms with van der Waals surface area (Å²) in [7, 11) is 0. The predicted molar refractivity (Wildman–Crippen MR) is 316 cm³/mol. The number of anilines is 1. The number of aromatic nitrogens is 3. The molecular weight excluding hydrogens is 1030 g/mol. The van der Waals surface area contributed by atoms with E-state index in [4.69, 9.17) is 8.75 Å². The molecule has 0 fully saturated rings. The van der Waals surface area contributed by atoms with Crippen LogP contribution in [0.25, 0.3) is 48.2 Å². The Hall–Kier alpha value is -4.57. The summed E-state index contributed by atoms with van der Waals surface area (Å²) in [6, 6.07) is 23.7. The van der Waals surface area contributed by atoms with Crippen LogP contribution in [-0.2, 0) is 35.4 Å². The Kier molecular flexibility index (Phi) is 19.0. The first kappa shape index (κ1) is 54.2. The zero-order chi connectivity index (χ0) is 51.6. The number of hydrogen-bond acceptors (Lipinski definition) is 12. The number of carbonyl (C=O) groups is 2. The molecule has 1 amide bonds. The van der Waals surface area contributed by atoms with Crippen molar-refractivity contribution in [3.05, 3.63) is 121 Å². The fourth-order valence-corrected chi connectivity index (χ4v) is 16.2. The molecule has 0 saturated carbocycles. The lowest BCUT2D eigenvalue weighted by Gasteiger charge is -2.29. The van der Waals surface area contributed by atoms with Crippen molar-refractivity contribution in [3.8, 4) is 20.9 Å². The molecule has 0 atom stereocenters. The van der Waals surface area contributed by atoms with E-state index >= 15 is 0 Å². The predicted octanol–water partition coefficient (Wildman–Crippen LogP) is 15.7. The number of thiazole rings is 1. The zero-order valence-electron chi connectivity index (χ0n) is 43.6. The van der Waals surface area contributed by atoms with Gasteiger partial charge in [-0.25, -0.2) is 0 Å². The first-order valence-corrected chi connectivity index (χ1v) is 31.9. The minimum Gasteiger partial charge on any atom is -0.871 e. The van der Waals surface area contributed by atoms with E-state index in [2.05, 4.69) is 91.9 Å². The third kappa shape index (κ3) is 12.3. The number of aryl methyl sites for hydroxylation is 5. The van der Waals surface area contributed by atoms with E-state index in [1.807, 2.05) is 58.7 Å². The summed E-state index contributed by atoms with van der Waals surface area (Å²) in [4.78, 5) is 37.1. The highest BCUT2D eigenvalue weighted by Crippen LogP contribution is 2.49. The Morgan fingerprint density at radius 3 is 2.32 bits per heavy atom. The standard InChI is InChI=1S/C60H69N5O3S6/c1-6-10-13-15-23-40-34-50(70-39(40)5)42-36-51(56(58-57(42)62-74-63-58)52-35-41(47(9-4)71-52)24-16-14-11-7-2)69-33-30-61-53(66)29-21-22-32-65-46-26-18-20-28-49(46)73-55(65)38-44-59(67)43(60(44)68)37-54-64(31-12-8-3)45-25-17-19-27-48(45)72-54/h17-20,25-28,34-38H,6-16,21-24,29-33H2,1-5H3,(H-,61,66,67,68). The van der Waals surface area contributed by atoms with Crippen molar-refractivity contribution in [1.29, 1.82) is 0 Å². The number of nitrogens with one attached hydrogen (secondary N) is 1. The van der Waals surface area contributed by atoms with Gasteiger partial charge >= 0.3 is 0 Å². The van der Waals surface area contributed by atoms with Crippen LogP contribution in [0.4, 0.5) is 5.69 Å². The second kappa shape index (κ2) is 26.0. The van der Waals surface area contributed by atoms with Crippen molar-refractivity contribution in [1.82, 2.24) is 14.1 Å². The molecule has 0 saturated heterocycles. The number of amides is 1. The van der Waals surface area contributed by atoms with Crippen LogP contribution in [0.2, 0.25) is 0 Å². The van der Waals surface area contributed by atoms with E-state index in [1.165, 1.54) is 104 Å². The largest absolute Gasteiger partial charge is 0.871 e. The number of benzene rings is 3. The molecule has 0 unspecified atom stereocenters. The highest BCUT2D eigenvalue weighted by atomic mass is 32.2. The van der Waals surface area contributed by atoms with Crippen molar-refractivity contribution in [2.24, 2.45) is 0 Å².